The quantitative estimate of drug-likeness (QED) is 0.560. The number of nitrogens with zero attached hydrogens (tertiary/aromatic N) is 2. The highest BCUT2D eigenvalue weighted by atomic mass is 127. The zero-order chi connectivity index (χ0) is 14.3. The molecule has 0 radical (unpaired) electrons. The molecule has 0 aliphatic heterocycles. The van der Waals surface area contributed by atoms with Crippen LogP contribution in [0.5, 0.6) is 0 Å². The van der Waals surface area contributed by atoms with Crippen molar-refractivity contribution in [3.63, 3.8) is 0 Å². The van der Waals surface area contributed by atoms with Crippen molar-refractivity contribution in [3.8, 4) is 0 Å². The normalized spacial score (nSPS) is 12.6. The lowest BCUT2D eigenvalue weighted by atomic mass is 10.1. The Morgan fingerprint density at radius 1 is 1.47 bits per heavy atom. The molecule has 0 aliphatic rings. The molecule has 1 unspecified atom stereocenters. The highest BCUT2D eigenvalue weighted by Gasteiger charge is 2.06. The fourth-order valence-electron chi connectivity index (χ4n) is 2.04. The van der Waals surface area contributed by atoms with Gasteiger partial charge in [0.25, 0.3) is 5.56 Å². The van der Waals surface area contributed by atoms with Crippen LogP contribution in [0.1, 0.15) is 45.4 Å². The Hall–Kier alpha value is -0.430. The van der Waals surface area contributed by atoms with Gasteiger partial charge < -0.3 is 5.32 Å². The third-order valence-corrected chi connectivity index (χ3v) is 4.01. The summed E-state index contributed by atoms with van der Waals surface area (Å²) < 4.78 is 2.42. The van der Waals surface area contributed by atoms with Crippen molar-refractivity contribution in [2.45, 2.75) is 59.0 Å². The van der Waals surface area contributed by atoms with Crippen LogP contribution >= 0.6 is 22.6 Å². The van der Waals surface area contributed by atoms with Crippen molar-refractivity contribution in [1.29, 1.82) is 0 Å². The van der Waals surface area contributed by atoms with Gasteiger partial charge in [-0.1, -0.05) is 26.2 Å². The minimum absolute atomic E-state index is 0.0635. The second kappa shape index (κ2) is 8.68. The molecule has 0 saturated heterocycles. The minimum atomic E-state index is 0.0635. The topological polar surface area (TPSA) is 46.9 Å². The van der Waals surface area contributed by atoms with E-state index in [0.29, 0.717) is 16.2 Å². The summed E-state index contributed by atoms with van der Waals surface area (Å²) in [5, 5.41) is 3.47. The van der Waals surface area contributed by atoms with Crippen LogP contribution in [0.3, 0.4) is 0 Å². The number of rotatable bonds is 8. The van der Waals surface area contributed by atoms with Crippen molar-refractivity contribution in [2.75, 3.05) is 6.54 Å². The largest absolute Gasteiger partial charge is 0.312 e. The molecule has 1 aromatic heterocycles. The molecular formula is C14H24IN3O. The number of halogens is 1. The van der Waals surface area contributed by atoms with E-state index in [2.05, 4.69) is 24.1 Å². The summed E-state index contributed by atoms with van der Waals surface area (Å²) in [5.41, 5.74) is 0.0635. The fourth-order valence-corrected chi connectivity index (χ4v) is 2.47. The van der Waals surface area contributed by atoms with Crippen LogP contribution in [-0.2, 0) is 6.54 Å². The smallest absolute Gasteiger partial charge is 0.266 e. The Morgan fingerprint density at radius 3 is 2.89 bits per heavy atom. The molecule has 19 heavy (non-hydrogen) atoms. The third-order valence-electron chi connectivity index (χ3n) is 3.27. The molecule has 0 bridgehead atoms. The van der Waals surface area contributed by atoms with Gasteiger partial charge in [-0.2, -0.15) is 0 Å². The van der Waals surface area contributed by atoms with E-state index >= 15 is 0 Å². The lowest BCUT2D eigenvalue weighted by Gasteiger charge is -2.15. The average molecular weight is 377 g/mol. The number of unbranched alkanes of at least 4 members (excludes halogenated alkanes) is 2. The van der Waals surface area contributed by atoms with Crippen molar-refractivity contribution < 1.29 is 0 Å². The zero-order valence-corrected chi connectivity index (χ0v) is 14.2. The molecule has 1 rings (SSSR count). The van der Waals surface area contributed by atoms with Gasteiger partial charge in [0.2, 0.25) is 0 Å². The Balaban J connectivity index is 2.41. The Labute approximate surface area is 129 Å². The molecule has 1 heterocycles. The van der Waals surface area contributed by atoms with Gasteiger partial charge >= 0.3 is 0 Å². The molecule has 1 N–H and O–H groups in total. The Morgan fingerprint density at radius 2 is 2.21 bits per heavy atom. The lowest BCUT2D eigenvalue weighted by molar-refractivity contribution is 0.463. The van der Waals surface area contributed by atoms with Crippen molar-refractivity contribution in [2.24, 2.45) is 0 Å². The summed E-state index contributed by atoms with van der Waals surface area (Å²) in [6, 6.07) is 0.512. The molecule has 1 atom stereocenters. The van der Waals surface area contributed by atoms with Gasteiger partial charge in [0.1, 0.15) is 5.82 Å². The highest BCUT2D eigenvalue weighted by Crippen LogP contribution is 2.02. The second-order valence-corrected chi connectivity index (χ2v) is 6.12. The fraction of sp³-hybridized carbons (Fsp3) is 0.714. The highest BCUT2D eigenvalue weighted by molar-refractivity contribution is 14.1. The number of nitrogens with one attached hydrogen (secondary N) is 1. The predicted octanol–water partition coefficient (Wildman–Crippen LogP) is 2.71. The average Bonchev–Trinajstić information content (AvgIpc) is 2.38. The van der Waals surface area contributed by atoms with E-state index < -0.39 is 0 Å². The van der Waals surface area contributed by atoms with Gasteiger partial charge in [-0.25, -0.2) is 4.98 Å². The maximum absolute atomic E-state index is 12.0. The molecule has 0 amide bonds. The van der Waals surface area contributed by atoms with Crippen LogP contribution in [0, 0.1) is 10.5 Å². The first-order valence-corrected chi connectivity index (χ1v) is 8.09. The number of hydrogen-bond acceptors (Lipinski definition) is 3. The van der Waals surface area contributed by atoms with Crippen LogP contribution in [0.4, 0.5) is 0 Å². The summed E-state index contributed by atoms with van der Waals surface area (Å²) >= 11 is 2.04. The van der Waals surface area contributed by atoms with E-state index in [0.717, 1.165) is 12.4 Å². The molecule has 1 aromatic rings. The molecule has 5 heteroatoms. The monoisotopic (exact) mass is 377 g/mol. The van der Waals surface area contributed by atoms with Crippen LogP contribution in [0.2, 0.25) is 0 Å². The first kappa shape index (κ1) is 16.6. The molecule has 108 valence electrons. The van der Waals surface area contributed by atoms with E-state index in [-0.39, 0.29) is 5.56 Å². The molecule has 0 aliphatic carbocycles. The second-order valence-electron chi connectivity index (χ2n) is 4.96. The summed E-state index contributed by atoms with van der Waals surface area (Å²) in [4.78, 5) is 16.2. The van der Waals surface area contributed by atoms with Gasteiger partial charge in [0, 0.05) is 25.3 Å². The number of aromatic nitrogens is 2. The van der Waals surface area contributed by atoms with Crippen LogP contribution in [-0.4, -0.2) is 22.1 Å². The van der Waals surface area contributed by atoms with E-state index in [1.807, 2.05) is 29.5 Å². The van der Waals surface area contributed by atoms with Crippen molar-refractivity contribution in [3.05, 3.63) is 25.9 Å². The first-order chi connectivity index (χ1) is 9.06. The molecule has 0 fully saturated rings. The molecule has 0 saturated carbocycles. The van der Waals surface area contributed by atoms with Crippen molar-refractivity contribution in [1.82, 2.24) is 14.9 Å². The summed E-state index contributed by atoms with van der Waals surface area (Å²) in [5.74, 6) is 0.783. The van der Waals surface area contributed by atoms with Gasteiger partial charge in [-0.3, -0.25) is 9.36 Å². The summed E-state index contributed by atoms with van der Waals surface area (Å²) in [6.45, 7) is 7.81. The lowest BCUT2D eigenvalue weighted by Crippen LogP contribution is -2.34. The van der Waals surface area contributed by atoms with Crippen LogP contribution < -0.4 is 10.9 Å². The van der Waals surface area contributed by atoms with E-state index in [4.69, 9.17) is 0 Å². The van der Waals surface area contributed by atoms with Gasteiger partial charge in [0.05, 0.1) is 3.57 Å². The van der Waals surface area contributed by atoms with Crippen LogP contribution in [0.15, 0.2) is 11.0 Å². The third kappa shape index (κ3) is 5.60. The molecular weight excluding hydrogens is 353 g/mol. The van der Waals surface area contributed by atoms with Gasteiger partial charge in [-0.15, -0.1) is 0 Å². The predicted molar refractivity (Wildman–Crippen MR) is 87.6 cm³/mol. The maximum atomic E-state index is 12.0. The maximum Gasteiger partial charge on any atom is 0.266 e. The molecule has 4 nitrogen and oxygen atoms in total. The molecule has 0 spiro atoms. The summed E-state index contributed by atoms with van der Waals surface area (Å²) in [6.07, 6.45) is 6.66. The van der Waals surface area contributed by atoms with Crippen molar-refractivity contribution >= 4 is 22.6 Å². The van der Waals surface area contributed by atoms with E-state index in [1.54, 1.807) is 10.8 Å². The summed E-state index contributed by atoms with van der Waals surface area (Å²) in [7, 11) is 0. The number of hydrogen-bond donors (Lipinski definition) is 1. The molecule has 0 aromatic carbocycles. The van der Waals surface area contributed by atoms with Crippen LogP contribution in [0.25, 0.3) is 0 Å². The first-order valence-electron chi connectivity index (χ1n) is 7.01. The van der Waals surface area contributed by atoms with Gasteiger partial charge in [0.15, 0.2) is 0 Å². The van der Waals surface area contributed by atoms with Gasteiger partial charge in [-0.05, 0) is 42.9 Å². The van der Waals surface area contributed by atoms with E-state index in [9.17, 15) is 4.79 Å². The standard InChI is InChI=1S/C14H24IN3O/c1-4-5-6-7-11(2)16-8-9-18-12(3)17-10-13(15)14(18)19/h10-11,16H,4-9H2,1-3H3. The number of aryl methyl sites for hydroxylation is 1. The van der Waals surface area contributed by atoms with E-state index in [1.165, 1.54) is 25.7 Å². The zero-order valence-electron chi connectivity index (χ0n) is 12.1. The Kier molecular flexibility index (Phi) is 7.60. The Bertz CT molecular complexity index is 445. The SMILES string of the molecule is CCCCCC(C)NCCn1c(C)ncc(I)c1=O. The minimum Gasteiger partial charge on any atom is -0.312 e.